The number of likely N-dealkylation sites (tertiary alicyclic amines) is 1. The number of aromatic nitrogens is 1. The van der Waals surface area contributed by atoms with Crippen molar-refractivity contribution < 1.29 is 4.42 Å². The third-order valence-corrected chi connectivity index (χ3v) is 4.45. The van der Waals surface area contributed by atoms with Crippen LogP contribution in [0.1, 0.15) is 50.5 Å². The maximum Gasteiger partial charge on any atom is 0.216 e. The molecule has 2 rings (SSSR count). The largest absolute Gasteiger partial charge is 0.444 e. The van der Waals surface area contributed by atoms with Crippen molar-refractivity contribution >= 4 is 29.9 Å². The number of hydrogen-bond acceptors (Lipinski definition) is 4. The molecule has 0 saturated carbocycles. The van der Waals surface area contributed by atoms with E-state index < -0.39 is 0 Å². The van der Waals surface area contributed by atoms with Crippen LogP contribution in [0.2, 0.25) is 0 Å². The third-order valence-electron chi connectivity index (χ3n) is 4.45. The average molecular weight is 449 g/mol. The van der Waals surface area contributed by atoms with Crippen molar-refractivity contribution in [2.45, 2.75) is 59.5 Å². The van der Waals surface area contributed by atoms with Gasteiger partial charge >= 0.3 is 0 Å². The molecular formula is C17H32IN5O. The maximum atomic E-state index is 5.59. The summed E-state index contributed by atoms with van der Waals surface area (Å²) >= 11 is 0. The van der Waals surface area contributed by atoms with Gasteiger partial charge in [-0.3, -0.25) is 4.90 Å². The van der Waals surface area contributed by atoms with Gasteiger partial charge in [0.05, 0.1) is 5.69 Å². The number of piperidine rings is 1. The highest BCUT2D eigenvalue weighted by molar-refractivity contribution is 14.0. The fourth-order valence-corrected chi connectivity index (χ4v) is 3.02. The Kier molecular flexibility index (Phi) is 9.65. The van der Waals surface area contributed by atoms with E-state index in [4.69, 9.17) is 4.42 Å². The summed E-state index contributed by atoms with van der Waals surface area (Å²) in [6, 6.07) is 0.601. The molecule has 0 amide bonds. The summed E-state index contributed by atoms with van der Waals surface area (Å²) in [5.41, 5.74) is 0.939. The van der Waals surface area contributed by atoms with Gasteiger partial charge in [-0.15, -0.1) is 24.0 Å². The molecular weight excluding hydrogens is 417 g/mol. The first-order chi connectivity index (χ1) is 11.1. The lowest BCUT2D eigenvalue weighted by Crippen LogP contribution is -2.49. The molecule has 1 aromatic rings. The number of aliphatic imine (C=N–C) groups is 1. The molecule has 1 atom stereocenters. The van der Waals surface area contributed by atoms with Crippen molar-refractivity contribution in [3.8, 4) is 0 Å². The Morgan fingerprint density at radius 1 is 1.29 bits per heavy atom. The van der Waals surface area contributed by atoms with E-state index in [1.54, 1.807) is 0 Å². The van der Waals surface area contributed by atoms with Gasteiger partial charge in [0.2, 0.25) is 5.89 Å². The number of halogens is 1. The molecule has 1 unspecified atom stereocenters. The Labute approximate surface area is 162 Å². The van der Waals surface area contributed by atoms with Gasteiger partial charge in [-0.1, -0.05) is 13.3 Å². The average Bonchev–Trinajstić information content (AvgIpc) is 2.88. The molecule has 2 heterocycles. The van der Waals surface area contributed by atoms with Crippen molar-refractivity contribution in [1.82, 2.24) is 20.5 Å². The van der Waals surface area contributed by atoms with Crippen molar-refractivity contribution in [3.63, 3.8) is 0 Å². The summed E-state index contributed by atoms with van der Waals surface area (Å²) in [7, 11) is 0. The minimum atomic E-state index is 0. The first-order valence-corrected chi connectivity index (χ1v) is 8.83. The summed E-state index contributed by atoms with van der Waals surface area (Å²) in [5.74, 6) is 2.38. The van der Waals surface area contributed by atoms with Crippen LogP contribution in [0.25, 0.3) is 0 Å². The molecule has 6 nitrogen and oxygen atoms in total. The number of nitrogens with zero attached hydrogens (tertiary/aromatic N) is 3. The van der Waals surface area contributed by atoms with Gasteiger partial charge in [0.25, 0.3) is 0 Å². The minimum absolute atomic E-state index is 0. The van der Waals surface area contributed by atoms with E-state index in [2.05, 4.69) is 39.4 Å². The van der Waals surface area contributed by atoms with Gasteiger partial charge in [-0.2, -0.15) is 0 Å². The number of guanidine groups is 1. The molecule has 0 spiro atoms. The van der Waals surface area contributed by atoms with Gasteiger partial charge in [0.15, 0.2) is 5.96 Å². The van der Waals surface area contributed by atoms with Crippen molar-refractivity contribution in [2.75, 3.05) is 26.2 Å². The second-order valence-electron chi connectivity index (χ2n) is 6.10. The van der Waals surface area contributed by atoms with E-state index in [9.17, 15) is 0 Å². The van der Waals surface area contributed by atoms with Crippen LogP contribution in [0.3, 0.4) is 0 Å². The summed E-state index contributed by atoms with van der Waals surface area (Å²) in [6.45, 7) is 12.8. The molecule has 0 bridgehead atoms. The van der Waals surface area contributed by atoms with E-state index in [1.165, 1.54) is 25.8 Å². The molecule has 1 fully saturated rings. The topological polar surface area (TPSA) is 65.7 Å². The molecule has 2 N–H and O–H groups in total. The Morgan fingerprint density at radius 3 is 2.71 bits per heavy atom. The van der Waals surface area contributed by atoms with Crippen molar-refractivity contribution in [2.24, 2.45) is 4.99 Å². The Morgan fingerprint density at radius 2 is 2.08 bits per heavy atom. The van der Waals surface area contributed by atoms with Crippen molar-refractivity contribution in [1.29, 1.82) is 0 Å². The van der Waals surface area contributed by atoms with Crippen LogP contribution in [-0.2, 0) is 6.54 Å². The standard InChI is InChI=1S/C17H31N5O.HI/c1-5-18-17(20-12-16-21-13(3)14(4)23-16)19-11-15-9-7-8-10-22(15)6-2;/h15H,5-12H2,1-4H3,(H2,18,19,20);1H. The third kappa shape index (κ3) is 6.23. The SMILES string of the molecule is CCNC(=NCc1nc(C)c(C)o1)NCC1CCCCN1CC.I. The summed E-state index contributed by atoms with van der Waals surface area (Å²) in [4.78, 5) is 11.5. The molecule has 0 radical (unpaired) electrons. The number of rotatable bonds is 6. The van der Waals surface area contributed by atoms with E-state index in [-0.39, 0.29) is 24.0 Å². The van der Waals surface area contributed by atoms with Crippen LogP contribution >= 0.6 is 24.0 Å². The second-order valence-corrected chi connectivity index (χ2v) is 6.10. The minimum Gasteiger partial charge on any atom is -0.444 e. The lowest BCUT2D eigenvalue weighted by atomic mass is 10.0. The van der Waals surface area contributed by atoms with Crippen molar-refractivity contribution in [3.05, 3.63) is 17.3 Å². The Bertz CT molecular complexity index is 498. The van der Waals surface area contributed by atoms with E-state index in [0.29, 0.717) is 18.5 Å². The monoisotopic (exact) mass is 449 g/mol. The predicted molar refractivity (Wildman–Crippen MR) is 109 cm³/mol. The normalized spacial score (nSPS) is 19.0. The zero-order valence-electron chi connectivity index (χ0n) is 15.4. The molecule has 1 aromatic heterocycles. The van der Waals surface area contributed by atoms with Gasteiger partial charge in [0, 0.05) is 19.1 Å². The lowest BCUT2D eigenvalue weighted by Gasteiger charge is -2.35. The van der Waals surface area contributed by atoms with Gasteiger partial charge in [0.1, 0.15) is 12.3 Å². The smallest absolute Gasteiger partial charge is 0.216 e. The van der Waals surface area contributed by atoms with E-state index in [0.717, 1.165) is 37.0 Å². The summed E-state index contributed by atoms with van der Waals surface area (Å²) < 4.78 is 5.59. The molecule has 1 aliphatic rings. The summed E-state index contributed by atoms with van der Waals surface area (Å²) in [5, 5.41) is 6.77. The molecule has 1 aliphatic heterocycles. The predicted octanol–water partition coefficient (Wildman–Crippen LogP) is 2.84. The Balaban J connectivity index is 0.00000288. The highest BCUT2D eigenvalue weighted by atomic mass is 127. The molecule has 24 heavy (non-hydrogen) atoms. The van der Waals surface area contributed by atoms with Gasteiger partial charge in [-0.05, 0) is 46.7 Å². The molecule has 1 saturated heterocycles. The Hall–Kier alpha value is -0.830. The number of aryl methyl sites for hydroxylation is 2. The number of hydrogen-bond donors (Lipinski definition) is 2. The van der Waals surface area contributed by atoms with E-state index in [1.807, 2.05) is 13.8 Å². The second kappa shape index (κ2) is 10.9. The number of likely N-dealkylation sites (N-methyl/N-ethyl adjacent to an activating group) is 1. The highest BCUT2D eigenvalue weighted by Crippen LogP contribution is 2.15. The van der Waals surface area contributed by atoms with Gasteiger partial charge < -0.3 is 15.1 Å². The van der Waals surface area contributed by atoms with Crippen LogP contribution in [0, 0.1) is 13.8 Å². The van der Waals surface area contributed by atoms with Crippen LogP contribution in [0.4, 0.5) is 0 Å². The zero-order chi connectivity index (χ0) is 16.7. The maximum absolute atomic E-state index is 5.59. The first-order valence-electron chi connectivity index (χ1n) is 8.83. The fourth-order valence-electron chi connectivity index (χ4n) is 3.02. The highest BCUT2D eigenvalue weighted by Gasteiger charge is 2.20. The zero-order valence-corrected chi connectivity index (χ0v) is 17.7. The van der Waals surface area contributed by atoms with Crippen LogP contribution in [-0.4, -0.2) is 48.1 Å². The number of oxazole rings is 1. The number of nitrogens with one attached hydrogen (secondary N) is 2. The molecule has 0 aromatic carbocycles. The van der Waals surface area contributed by atoms with Gasteiger partial charge in [-0.25, -0.2) is 9.98 Å². The quantitative estimate of drug-likeness (QED) is 0.397. The van der Waals surface area contributed by atoms with Crippen LogP contribution in [0.15, 0.2) is 9.41 Å². The lowest BCUT2D eigenvalue weighted by molar-refractivity contribution is 0.157. The first kappa shape index (κ1) is 21.2. The van der Waals surface area contributed by atoms with E-state index >= 15 is 0 Å². The fraction of sp³-hybridized carbons (Fsp3) is 0.765. The summed E-state index contributed by atoms with van der Waals surface area (Å²) in [6.07, 6.45) is 3.91. The molecule has 138 valence electrons. The van der Waals surface area contributed by atoms with Crippen LogP contribution < -0.4 is 10.6 Å². The molecule has 7 heteroatoms. The molecule has 0 aliphatic carbocycles. The van der Waals surface area contributed by atoms with Crippen LogP contribution in [0.5, 0.6) is 0 Å².